The number of para-hydroxylation sites is 4. The van der Waals surface area contributed by atoms with Crippen LogP contribution in [0.1, 0.15) is 0 Å². The minimum atomic E-state index is 0.985. The van der Waals surface area contributed by atoms with Crippen LogP contribution in [0.25, 0.3) is 98.0 Å². The molecule has 13 aromatic rings. The molecule has 0 aliphatic rings. The Morgan fingerprint density at radius 1 is 0.377 bits per heavy atom. The first-order valence-corrected chi connectivity index (χ1v) is 18.2. The molecule has 53 heavy (non-hydrogen) atoms. The van der Waals surface area contributed by atoms with Gasteiger partial charge in [0.2, 0.25) is 0 Å². The number of benzene rings is 8. The topological polar surface area (TPSA) is 25.0 Å². The highest BCUT2D eigenvalue weighted by Gasteiger charge is 2.28. The number of hydrogen-bond acceptors (Lipinski definition) is 2. The number of anilines is 3. The van der Waals surface area contributed by atoms with Crippen molar-refractivity contribution in [3.8, 4) is 0 Å². The lowest BCUT2D eigenvalue weighted by molar-refractivity contribution is 1.25. The average Bonchev–Trinajstić information content (AvgIpc) is 3.94. The number of pyridine rings is 1. The standard InChI is InChI=1S/C49H28N4/c1-3-16-31(17-4-1)51(32-18-5-2-6-19-32)42-27-30-15-8-10-21-34(30)44-43-33-20-9-7-14-29(33)26-38-39-28-41-45(50-49(39)53(47(38)43)48(42)44)37-24-13-23-36-35-22-11-12-25-40(35)52(41)46(36)37/h1-28H. The summed E-state index contributed by atoms with van der Waals surface area (Å²) in [5, 5.41) is 13.6. The van der Waals surface area contributed by atoms with Crippen molar-refractivity contribution in [2.45, 2.75) is 0 Å². The first-order valence-electron chi connectivity index (χ1n) is 18.2. The van der Waals surface area contributed by atoms with Gasteiger partial charge >= 0.3 is 0 Å². The Bertz CT molecular complexity index is 3580. The highest BCUT2D eigenvalue weighted by Crippen LogP contribution is 2.51. The van der Waals surface area contributed by atoms with Crippen molar-refractivity contribution in [2.75, 3.05) is 4.90 Å². The fourth-order valence-electron chi connectivity index (χ4n) is 9.59. The second-order valence-corrected chi connectivity index (χ2v) is 14.3. The van der Waals surface area contributed by atoms with Gasteiger partial charge in [0, 0.05) is 49.1 Å². The maximum absolute atomic E-state index is 5.76. The smallest absolute Gasteiger partial charge is 0.146 e. The van der Waals surface area contributed by atoms with Crippen molar-refractivity contribution >= 4 is 115 Å². The second-order valence-electron chi connectivity index (χ2n) is 14.3. The highest BCUT2D eigenvalue weighted by atomic mass is 15.2. The normalized spacial score (nSPS) is 12.5. The Balaban J connectivity index is 1.31. The number of fused-ring (bicyclic) bond motifs is 16. The molecule has 0 fully saturated rings. The van der Waals surface area contributed by atoms with Gasteiger partial charge in [-0.15, -0.1) is 0 Å². The predicted octanol–water partition coefficient (Wildman–Crippen LogP) is 13.2. The largest absolute Gasteiger partial charge is 0.308 e. The van der Waals surface area contributed by atoms with E-state index in [0.717, 1.165) is 39.3 Å². The fourth-order valence-corrected chi connectivity index (χ4v) is 9.59. The molecule has 244 valence electrons. The molecule has 5 heterocycles. The van der Waals surface area contributed by atoms with E-state index < -0.39 is 0 Å². The first-order chi connectivity index (χ1) is 26.3. The second kappa shape index (κ2) is 9.78. The molecule has 0 aliphatic heterocycles. The van der Waals surface area contributed by atoms with Gasteiger partial charge in [-0.1, -0.05) is 121 Å². The van der Waals surface area contributed by atoms with Gasteiger partial charge in [0.25, 0.3) is 0 Å². The van der Waals surface area contributed by atoms with E-state index >= 15 is 0 Å². The van der Waals surface area contributed by atoms with E-state index in [0.29, 0.717) is 0 Å². The lowest BCUT2D eigenvalue weighted by atomic mass is 9.96. The van der Waals surface area contributed by atoms with Crippen LogP contribution in [0.5, 0.6) is 0 Å². The van der Waals surface area contributed by atoms with E-state index in [2.05, 4.69) is 184 Å². The quantitative estimate of drug-likeness (QED) is 0.187. The van der Waals surface area contributed by atoms with Gasteiger partial charge in [-0.25, -0.2) is 4.98 Å². The Morgan fingerprint density at radius 3 is 1.70 bits per heavy atom. The maximum Gasteiger partial charge on any atom is 0.146 e. The monoisotopic (exact) mass is 672 g/mol. The van der Waals surface area contributed by atoms with Gasteiger partial charge in [0.15, 0.2) is 0 Å². The van der Waals surface area contributed by atoms with E-state index in [1.54, 1.807) is 0 Å². The lowest BCUT2D eigenvalue weighted by Crippen LogP contribution is -2.11. The van der Waals surface area contributed by atoms with Crippen molar-refractivity contribution < 1.29 is 0 Å². The van der Waals surface area contributed by atoms with Gasteiger partial charge in [-0.2, -0.15) is 0 Å². The third-order valence-electron chi connectivity index (χ3n) is 11.7. The third kappa shape index (κ3) is 3.39. The minimum Gasteiger partial charge on any atom is -0.308 e. The molecular weight excluding hydrogens is 645 g/mol. The number of aromatic nitrogens is 3. The van der Waals surface area contributed by atoms with Crippen LogP contribution in [0.2, 0.25) is 0 Å². The summed E-state index contributed by atoms with van der Waals surface area (Å²) in [6.45, 7) is 0. The van der Waals surface area contributed by atoms with Crippen molar-refractivity contribution in [3.63, 3.8) is 0 Å². The predicted molar refractivity (Wildman–Crippen MR) is 223 cm³/mol. The van der Waals surface area contributed by atoms with Crippen LogP contribution in [-0.2, 0) is 0 Å². The molecule has 0 spiro atoms. The molecule has 13 rings (SSSR count). The third-order valence-corrected chi connectivity index (χ3v) is 11.7. The summed E-state index contributed by atoms with van der Waals surface area (Å²) in [5.74, 6) is 0. The van der Waals surface area contributed by atoms with Crippen molar-refractivity contribution in [1.82, 2.24) is 13.8 Å². The van der Waals surface area contributed by atoms with Crippen molar-refractivity contribution in [3.05, 3.63) is 170 Å². The minimum absolute atomic E-state index is 0.985. The van der Waals surface area contributed by atoms with E-state index in [1.165, 1.54) is 75.8 Å². The van der Waals surface area contributed by atoms with Crippen LogP contribution in [0, 0.1) is 0 Å². The van der Waals surface area contributed by atoms with E-state index in [-0.39, 0.29) is 0 Å². The Kier molecular flexibility index (Phi) is 5.08. The number of hydrogen-bond donors (Lipinski definition) is 0. The molecule has 4 nitrogen and oxygen atoms in total. The van der Waals surface area contributed by atoms with Crippen LogP contribution >= 0.6 is 0 Å². The molecule has 0 unspecified atom stereocenters. The molecule has 0 N–H and O–H groups in total. The molecule has 0 amide bonds. The van der Waals surface area contributed by atoms with E-state index in [4.69, 9.17) is 4.98 Å². The van der Waals surface area contributed by atoms with Crippen LogP contribution in [0.4, 0.5) is 17.1 Å². The molecule has 0 radical (unpaired) electrons. The van der Waals surface area contributed by atoms with Gasteiger partial charge in [-0.05, 0) is 70.1 Å². The van der Waals surface area contributed by atoms with Gasteiger partial charge < -0.3 is 9.30 Å². The average molecular weight is 673 g/mol. The number of nitrogens with zero attached hydrogens (tertiary/aromatic N) is 4. The van der Waals surface area contributed by atoms with Crippen LogP contribution in [-0.4, -0.2) is 13.8 Å². The molecule has 0 aliphatic carbocycles. The number of rotatable bonds is 3. The molecular formula is C49H28N4. The zero-order valence-corrected chi connectivity index (χ0v) is 28.5. The van der Waals surface area contributed by atoms with Crippen LogP contribution < -0.4 is 4.90 Å². The first kappa shape index (κ1) is 27.5. The Labute approximate surface area is 302 Å². The summed E-state index contributed by atoms with van der Waals surface area (Å²) in [6.07, 6.45) is 0. The summed E-state index contributed by atoms with van der Waals surface area (Å²) in [7, 11) is 0. The SMILES string of the molecule is c1ccc(N(c2ccccc2)c2cc3ccccc3c3c4c5ccccc5cc5c6cc7c(nc6n(c23)c54)c2cccc3c4ccccc4n7c32)cc1. The zero-order chi connectivity index (χ0) is 34.4. The van der Waals surface area contributed by atoms with Crippen LogP contribution in [0.3, 0.4) is 0 Å². The Morgan fingerprint density at radius 2 is 0.962 bits per heavy atom. The molecule has 8 aromatic carbocycles. The summed E-state index contributed by atoms with van der Waals surface area (Å²) < 4.78 is 4.94. The summed E-state index contributed by atoms with van der Waals surface area (Å²) in [5.41, 5.74) is 11.4. The highest BCUT2D eigenvalue weighted by molar-refractivity contribution is 6.37. The molecule has 5 aromatic heterocycles. The molecule has 4 heteroatoms. The fraction of sp³-hybridized carbons (Fsp3) is 0. The zero-order valence-electron chi connectivity index (χ0n) is 28.5. The van der Waals surface area contributed by atoms with Crippen molar-refractivity contribution in [2.24, 2.45) is 0 Å². The van der Waals surface area contributed by atoms with Crippen LogP contribution in [0.15, 0.2) is 170 Å². The van der Waals surface area contributed by atoms with Gasteiger partial charge in [0.05, 0.1) is 38.8 Å². The molecule has 0 saturated carbocycles. The van der Waals surface area contributed by atoms with Gasteiger partial charge in [-0.3, -0.25) is 4.40 Å². The molecule has 0 saturated heterocycles. The molecule has 0 atom stereocenters. The summed E-state index contributed by atoms with van der Waals surface area (Å²) in [6, 6.07) is 61.9. The lowest BCUT2D eigenvalue weighted by Gasteiger charge is -2.27. The van der Waals surface area contributed by atoms with Gasteiger partial charge in [0.1, 0.15) is 5.65 Å². The van der Waals surface area contributed by atoms with E-state index in [9.17, 15) is 0 Å². The summed E-state index contributed by atoms with van der Waals surface area (Å²) in [4.78, 5) is 8.17. The van der Waals surface area contributed by atoms with Crippen molar-refractivity contribution in [1.29, 1.82) is 0 Å². The summed E-state index contributed by atoms with van der Waals surface area (Å²) >= 11 is 0. The molecule has 0 bridgehead atoms. The van der Waals surface area contributed by atoms with E-state index in [1.807, 2.05) is 0 Å². The maximum atomic E-state index is 5.76. The Hall–Kier alpha value is -7.17.